The lowest BCUT2D eigenvalue weighted by Gasteiger charge is -2.26. The van der Waals surface area contributed by atoms with Crippen LogP contribution in [-0.2, 0) is 9.53 Å². The summed E-state index contributed by atoms with van der Waals surface area (Å²) in [5.41, 5.74) is 0.178. The van der Waals surface area contributed by atoms with E-state index in [0.717, 1.165) is 6.07 Å². The van der Waals surface area contributed by atoms with E-state index in [4.69, 9.17) is 0 Å². The zero-order chi connectivity index (χ0) is 14.6. The Bertz CT molecular complexity index is 491. The monoisotopic (exact) mass is 331 g/mol. The Labute approximate surface area is 119 Å². The second-order valence-electron chi connectivity index (χ2n) is 4.23. The van der Waals surface area contributed by atoms with Crippen molar-refractivity contribution in [3.63, 3.8) is 0 Å². The summed E-state index contributed by atoms with van der Waals surface area (Å²) in [4.78, 5) is 25.0. The third-order valence-electron chi connectivity index (χ3n) is 2.57. The van der Waals surface area contributed by atoms with Crippen LogP contribution in [0.25, 0.3) is 0 Å². The summed E-state index contributed by atoms with van der Waals surface area (Å²) in [6, 6.07) is 3.64. The predicted molar refractivity (Wildman–Crippen MR) is 72.3 cm³/mol. The fraction of sp³-hybridized carbons (Fsp3) is 0.385. The molecule has 1 aromatic carbocycles. The van der Waals surface area contributed by atoms with Crippen LogP contribution in [0.4, 0.5) is 4.39 Å². The van der Waals surface area contributed by atoms with Gasteiger partial charge in [0.15, 0.2) is 0 Å². The molecule has 1 amide bonds. The second kappa shape index (κ2) is 6.65. The number of benzene rings is 1. The number of ether oxygens (including phenoxy) is 1. The highest BCUT2D eigenvalue weighted by Gasteiger charge is 2.23. The van der Waals surface area contributed by atoms with Crippen LogP contribution in [-0.4, -0.2) is 36.5 Å². The minimum atomic E-state index is -0.519. The first kappa shape index (κ1) is 15.6. The zero-order valence-electron chi connectivity index (χ0n) is 10.9. The number of nitrogens with zero attached hydrogens (tertiary/aromatic N) is 1. The summed E-state index contributed by atoms with van der Waals surface area (Å²) in [5, 5.41) is 0. The van der Waals surface area contributed by atoms with Crippen LogP contribution in [0.3, 0.4) is 0 Å². The average Bonchev–Trinajstić information content (AvgIpc) is 2.37. The molecule has 0 spiro atoms. The molecule has 104 valence electrons. The van der Waals surface area contributed by atoms with Crippen molar-refractivity contribution in [3.05, 3.63) is 34.1 Å². The summed E-state index contributed by atoms with van der Waals surface area (Å²) in [6.07, 6.45) is 0. The lowest BCUT2D eigenvalue weighted by atomic mass is 10.1. The Kier molecular flexibility index (Phi) is 5.47. The van der Waals surface area contributed by atoms with Gasteiger partial charge in [0.25, 0.3) is 5.91 Å². The molecule has 0 saturated carbocycles. The number of amides is 1. The van der Waals surface area contributed by atoms with E-state index in [1.165, 1.54) is 24.1 Å². The summed E-state index contributed by atoms with van der Waals surface area (Å²) >= 11 is 3.20. The van der Waals surface area contributed by atoms with Crippen molar-refractivity contribution in [2.24, 2.45) is 0 Å². The molecule has 19 heavy (non-hydrogen) atoms. The molecule has 0 atom stereocenters. The molecule has 1 aromatic rings. The molecule has 0 unspecified atom stereocenters. The lowest BCUT2D eigenvalue weighted by Crippen LogP contribution is -2.41. The lowest BCUT2D eigenvalue weighted by molar-refractivity contribution is -0.141. The summed E-state index contributed by atoms with van der Waals surface area (Å²) in [7, 11) is 1.25. The fourth-order valence-corrected chi connectivity index (χ4v) is 1.92. The Morgan fingerprint density at radius 2 is 2.05 bits per heavy atom. The molecular formula is C13H15BrFNO3. The van der Waals surface area contributed by atoms with Crippen molar-refractivity contribution in [2.45, 2.75) is 19.9 Å². The molecule has 0 radical (unpaired) electrons. The summed E-state index contributed by atoms with van der Waals surface area (Å²) < 4.78 is 18.3. The highest BCUT2D eigenvalue weighted by Crippen LogP contribution is 2.20. The molecule has 0 N–H and O–H groups in total. The molecule has 4 nitrogen and oxygen atoms in total. The Balaban J connectivity index is 3.05. The number of methoxy groups -OCH3 is 1. The van der Waals surface area contributed by atoms with Crippen molar-refractivity contribution < 1.29 is 18.7 Å². The Hall–Kier alpha value is -1.43. The van der Waals surface area contributed by atoms with Crippen LogP contribution in [0.2, 0.25) is 0 Å². The maximum Gasteiger partial charge on any atom is 0.325 e. The van der Waals surface area contributed by atoms with Gasteiger partial charge < -0.3 is 9.64 Å². The number of carbonyl (C=O) groups excluding carboxylic acids is 2. The van der Waals surface area contributed by atoms with Gasteiger partial charge in [-0.3, -0.25) is 9.59 Å². The molecular weight excluding hydrogens is 317 g/mol. The third kappa shape index (κ3) is 4.02. The zero-order valence-corrected chi connectivity index (χ0v) is 12.5. The van der Waals surface area contributed by atoms with E-state index < -0.39 is 17.7 Å². The van der Waals surface area contributed by atoms with E-state index in [1.807, 2.05) is 0 Å². The van der Waals surface area contributed by atoms with Gasteiger partial charge in [0.1, 0.15) is 12.4 Å². The molecule has 0 aliphatic rings. The summed E-state index contributed by atoms with van der Waals surface area (Å²) in [5.74, 6) is -1.45. The molecule has 0 aliphatic heterocycles. The van der Waals surface area contributed by atoms with Gasteiger partial charge in [0.05, 0.1) is 12.7 Å². The van der Waals surface area contributed by atoms with Crippen LogP contribution >= 0.6 is 15.9 Å². The van der Waals surface area contributed by atoms with Gasteiger partial charge >= 0.3 is 5.97 Å². The van der Waals surface area contributed by atoms with Gasteiger partial charge in [-0.2, -0.15) is 0 Å². The molecule has 0 bridgehead atoms. The second-order valence-corrected chi connectivity index (χ2v) is 5.08. The van der Waals surface area contributed by atoms with E-state index in [2.05, 4.69) is 20.7 Å². The third-order valence-corrected chi connectivity index (χ3v) is 3.26. The average molecular weight is 332 g/mol. The van der Waals surface area contributed by atoms with Crippen LogP contribution < -0.4 is 0 Å². The first-order valence-electron chi connectivity index (χ1n) is 5.69. The van der Waals surface area contributed by atoms with E-state index in [0.29, 0.717) is 4.47 Å². The standard InChI is InChI=1S/C13H15BrFNO3/c1-8(2)16(7-12(17)19-3)13(18)10-6-9(15)4-5-11(10)14/h4-6,8H,7H2,1-3H3. The normalized spacial score (nSPS) is 10.4. The number of esters is 1. The van der Waals surface area contributed by atoms with E-state index in [-0.39, 0.29) is 18.2 Å². The van der Waals surface area contributed by atoms with Gasteiger partial charge in [0.2, 0.25) is 0 Å². The molecule has 0 fully saturated rings. The maximum absolute atomic E-state index is 13.2. The highest BCUT2D eigenvalue weighted by atomic mass is 79.9. The van der Waals surface area contributed by atoms with Crippen LogP contribution in [0, 0.1) is 5.82 Å². The van der Waals surface area contributed by atoms with Gasteiger partial charge in [-0.05, 0) is 48.0 Å². The molecule has 0 saturated heterocycles. The first-order valence-corrected chi connectivity index (χ1v) is 6.49. The molecule has 6 heteroatoms. The summed E-state index contributed by atoms with van der Waals surface area (Å²) in [6.45, 7) is 3.37. The molecule has 0 aromatic heterocycles. The Morgan fingerprint density at radius 3 is 2.58 bits per heavy atom. The van der Waals surface area contributed by atoms with Crippen molar-refractivity contribution in [1.82, 2.24) is 4.90 Å². The highest BCUT2D eigenvalue weighted by molar-refractivity contribution is 9.10. The smallest absolute Gasteiger partial charge is 0.325 e. The minimum absolute atomic E-state index is 0.171. The van der Waals surface area contributed by atoms with Gasteiger partial charge in [-0.25, -0.2) is 4.39 Å². The number of hydrogen-bond acceptors (Lipinski definition) is 3. The van der Waals surface area contributed by atoms with Crippen LogP contribution in [0.15, 0.2) is 22.7 Å². The van der Waals surface area contributed by atoms with Crippen molar-refractivity contribution in [3.8, 4) is 0 Å². The quantitative estimate of drug-likeness (QED) is 0.797. The minimum Gasteiger partial charge on any atom is -0.468 e. The van der Waals surface area contributed by atoms with Gasteiger partial charge in [-0.15, -0.1) is 0 Å². The van der Waals surface area contributed by atoms with E-state index >= 15 is 0 Å². The predicted octanol–water partition coefficient (Wildman–Crippen LogP) is 2.61. The number of halogens is 2. The number of hydrogen-bond donors (Lipinski definition) is 0. The van der Waals surface area contributed by atoms with Crippen molar-refractivity contribution >= 4 is 27.8 Å². The maximum atomic E-state index is 13.2. The van der Waals surface area contributed by atoms with Crippen LogP contribution in [0.5, 0.6) is 0 Å². The fourth-order valence-electron chi connectivity index (χ4n) is 1.51. The SMILES string of the molecule is COC(=O)CN(C(=O)c1cc(F)ccc1Br)C(C)C. The number of carbonyl (C=O) groups is 2. The Morgan fingerprint density at radius 1 is 1.42 bits per heavy atom. The number of rotatable bonds is 4. The van der Waals surface area contributed by atoms with E-state index in [9.17, 15) is 14.0 Å². The molecule has 0 heterocycles. The van der Waals surface area contributed by atoms with E-state index in [1.54, 1.807) is 13.8 Å². The largest absolute Gasteiger partial charge is 0.468 e. The van der Waals surface area contributed by atoms with Crippen molar-refractivity contribution in [2.75, 3.05) is 13.7 Å². The molecule has 1 rings (SSSR count). The first-order chi connectivity index (χ1) is 8.86. The molecule has 0 aliphatic carbocycles. The van der Waals surface area contributed by atoms with Crippen LogP contribution in [0.1, 0.15) is 24.2 Å². The van der Waals surface area contributed by atoms with Gasteiger partial charge in [0, 0.05) is 10.5 Å². The van der Waals surface area contributed by atoms with Crippen molar-refractivity contribution in [1.29, 1.82) is 0 Å². The van der Waals surface area contributed by atoms with Gasteiger partial charge in [-0.1, -0.05) is 0 Å². The topological polar surface area (TPSA) is 46.6 Å².